The normalized spacial score (nSPS) is 38.9. The second-order valence-corrected chi connectivity index (χ2v) is 13.3. The number of carboxylic acids is 2. The van der Waals surface area contributed by atoms with E-state index in [4.69, 9.17) is 19.8 Å². The monoisotopic (exact) mass is 522 g/mol. The van der Waals surface area contributed by atoms with Crippen molar-refractivity contribution in [3.8, 4) is 0 Å². The molecule has 0 bridgehead atoms. The van der Waals surface area contributed by atoms with Crippen LogP contribution in [0.4, 0.5) is 0 Å². The SMILES string of the molecule is CC(=O)O.CC(=O)O.CC(C)CCC[C@@H](C)[C@H]1CC[C@H]2[C@@H]3CC=C4C[C@@H](O)C[C@H](O)[C@]4(C)[C@H]3CC[C@]12C. The van der Waals surface area contributed by atoms with E-state index in [1.165, 1.54) is 56.9 Å². The van der Waals surface area contributed by atoms with Gasteiger partial charge in [0.15, 0.2) is 0 Å². The molecule has 3 saturated carbocycles. The molecule has 0 saturated heterocycles. The summed E-state index contributed by atoms with van der Waals surface area (Å²) in [5.41, 5.74) is 1.77. The van der Waals surface area contributed by atoms with Crippen LogP contribution in [0.5, 0.6) is 0 Å². The molecule has 0 spiro atoms. The molecule has 0 amide bonds. The third-order valence-corrected chi connectivity index (χ3v) is 10.4. The summed E-state index contributed by atoms with van der Waals surface area (Å²) in [4.78, 5) is 18.0. The summed E-state index contributed by atoms with van der Waals surface area (Å²) in [6, 6.07) is 0. The first-order valence-electron chi connectivity index (χ1n) is 14.6. The molecule has 0 aliphatic heterocycles. The van der Waals surface area contributed by atoms with Gasteiger partial charge in [-0.15, -0.1) is 0 Å². The number of aliphatic carboxylic acids is 2. The molecule has 0 heterocycles. The van der Waals surface area contributed by atoms with Gasteiger partial charge in [-0.2, -0.15) is 0 Å². The van der Waals surface area contributed by atoms with Crippen molar-refractivity contribution in [2.24, 2.45) is 46.3 Å². The quantitative estimate of drug-likeness (QED) is 0.305. The molecular weight excluding hydrogens is 468 g/mol. The topological polar surface area (TPSA) is 115 Å². The van der Waals surface area contributed by atoms with Crippen LogP contribution in [0.15, 0.2) is 11.6 Å². The van der Waals surface area contributed by atoms with Crippen molar-refractivity contribution in [2.45, 2.75) is 125 Å². The summed E-state index contributed by atoms with van der Waals surface area (Å²) in [6.45, 7) is 14.4. The van der Waals surface area contributed by atoms with Crippen molar-refractivity contribution in [1.82, 2.24) is 0 Å². The summed E-state index contributed by atoms with van der Waals surface area (Å²) < 4.78 is 0. The van der Waals surface area contributed by atoms with E-state index in [1.54, 1.807) is 0 Å². The third-order valence-electron chi connectivity index (χ3n) is 10.4. The maximum Gasteiger partial charge on any atom is 0.300 e. The minimum absolute atomic E-state index is 0.0928. The largest absolute Gasteiger partial charge is 0.481 e. The lowest BCUT2D eigenvalue weighted by Gasteiger charge is -2.59. The number of aliphatic hydroxyl groups is 2. The molecule has 9 atom stereocenters. The van der Waals surface area contributed by atoms with Crippen LogP contribution in [0.2, 0.25) is 0 Å². The zero-order valence-corrected chi connectivity index (χ0v) is 24.4. The van der Waals surface area contributed by atoms with E-state index in [2.05, 4.69) is 40.7 Å². The molecule has 4 aliphatic rings. The van der Waals surface area contributed by atoms with Gasteiger partial charge in [0.25, 0.3) is 11.9 Å². The van der Waals surface area contributed by atoms with Crippen molar-refractivity contribution >= 4 is 11.9 Å². The molecule has 0 aromatic heterocycles. The second kappa shape index (κ2) is 13.1. The number of hydrogen-bond donors (Lipinski definition) is 4. The van der Waals surface area contributed by atoms with E-state index < -0.39 is 11.9 Å². The number of rotatable bonds is 5. The maximum atomic E-state index is 11.1. The molecule has 6 nitrogen and oxygen atoms in total. The fourth-order valence-corrected chi connectivity index (χ4v) is 8.73. The Balaban J connectivity index is 0.000000530. The smallest absolute Gasteiger partial charge is 0.300 e. The molecule has 4 rings (SSSR count). The van der Waals surface area contributed by atoms with Crippen LogP contribution < -0.4 is 0 Å². The first kappa shape index (κ1) is 31.8. The van der Waals surface area contributed by atoms with Gasteiger partial charge < -0.3 is 20.4 Å². The first-order chi connectivity index (χ1) is 17.1. The van der Waals surface area contributed by atoms with Crippen molar-refractivity contribution in [3.63, 3.8) is 0 Å². The Kier molecular flexibility index (Phi) is 11.3. The summed E-state index contributed by atoms with van der Waals surface area (Å²) in [5.74, 6) is 3.07. The highest BCUT2D eigenvalue weighted by Gasteiger charge is 2.60. The minimum Gasteiger partial charge on any atom is -0.481 e. The predicted molar refractivity (Wildman–Crippen MR) is 147 cm³/mol. The fourth-order valence-electron chi connectivity index (χ4n) is 8.73. The highest BCUT2D eigenvalue weighted by atomic mass is 16.4. The predicted octanol–water partition coefficient (Wildman–Crippen LogP) is 6.54. The van der Waals surface area contributed by atoms with Crippen LogP contribution in [-0.4, -0.2) is 44.6 Å². The Bertz CT molecular complexity index is 786. The van der Waals surface area contributed by atoms with E-state index in [1.807, 2.05) is 0 Å². The summed E-state index contributed by atoms with van der Waals surface area (Å²) in [7, 11) is 0. The van der Waals surface area contributed by atoms with Gasteiger partial charge in [-0.25, -0.2) is 0 Å². The molecular formula is C31H54O6. The molecule has 0 aromatic rings. The third kappa shape index (κ3) is 7.38. The molecule has 3 fully saturated rings. The van der Waals surface area contributed by atoms with Gasteiger partial charge in [-0.3, -0.25) is 9.59 Å². The fraction of sp³-hybridized carbons (Fsp3) is 0.871. The van der Waals surface area contributed by atoms with Crippen molar-refractivity contribution in [1.29, 1.82) is 0 Å². The number of allylic oxidation sites excluding steroid dienone is 1. The number of hydrogen-bond acceptors (Lipinski definition) is 4. The summed E-state index contributed by atoms with van der Waals surface area (Å²) >= 11 is 0. The van der Waals surface area contributed by atoms with Crippen LogP contribution in [0.25, 0.3) is 0 Å². The number of aliphatic hydroxyl groups excluding tert-OH is 2. The van der Waals surface area contributed by atoms with Gasteiger partial charge >= 0.3 is 0 Å². The molecule has 0 aromatic carbocycles. The van der Waals surface area contributed by atoms with Crippen molar-refractivity contribution in [3.05, 3.63) is 11.6 Å². The van der Waals surface area contributed by atoms with Gasteiger partial charge in [0.05, 0.1) is 12.2 Å². The van der Waals surface area contributed by atoms with E-state index in [-0.39, 0.29) is 17.6 Å². The van der Waals surface area contributed by atoms with Crippen LogP contribution in [0, 0.1) is 46.3 Å². The Hall–Kier alpha value is -1.40. The lowest BCUT2D eigenvalue weighted by molar-refractivity contribution is -0.135. The molecule has 0 radical (unpaired) electrons. The molecule has 4 aliphatic carbocycles. The lowest BCUT2D eigenvalue weighted by Crippen LogP contribution is -2.55. The van der Waals surface area contributed by atoms with Gasteiger partial charge in [-0.1, -0.05) is 65.5 Å². The van der Waals surface area contributed by atoms with Crippen molar-refractivity contribution < 1.29 is 30.0 Å². The first-order valence-corrected chi connectivity index (χ1v) is 14.6. The lowest BCUT2D eigenvalue weighted by atomic mass is 9.46. The van der Waals surface area contributed by atoms with Gasteiger partial charge in [-0.05, 0) is 79.4 Å². The van der Waals surface area contributed by atoms with E-state index in [0.29, 0.717) is 17.8 Å². The van der Waals surface area contributed by atoms with Gasteiger partial charge in [0, 0.05) is 25.7 Å². The second-order valence-electron chi connectivity index (χ2n) is 13.3. The van der Waals surface area contributed by atoms with Crippen LogP contribution in [0.1, 0.15) is 113 Å². The highest BCUT2D eigenvalue weighted by Crippen LogP contribution is 2.67. The Morgan fingerprint density at radius 2 is 1.57 bits per heavy atom. The molecule has 0 unspecified atom stereocenters. The zero-order chi connectivity index (χ0) is 28.1. The van der Waals surface area contributed by atoms with E-state index in [0.717, 1.165) is 49.9 Å². The van der Waals surface area contributed by atoms with Gasteiger partial charge in [0.1, 0.15) is 0 Å². The number of fused-ring (bicyclic) bond motifs is 5. The summed E-state index contributed by atoms with van der Waals surface area (Å²) in [6.07, 6.45) is 13.8. The number of carbonyl (C=O) groups is 2. The zero-order valence-electron chi connectivity index (χ0n) is 24.4. The van der Waals surface area contributed by atoms with E-state index in [9.17, 15) is 10.2 Å². The molecule has 37 heavy (non-hydrogen) atoms. The van der Waals surface area contributed by atoms with Gasteiger partial charge in [0.2, 0.25) is 0 Å². The Morgan fingerprint density at radius 3 is 2.14 bits per heavy atom. The number of carboxylic acid groups (broad SMARTS) is 2. The van der Waals surface area contributed by atoms with Crippen molar-refractivity contribution in [2.75, 3.05) is 0 Å². The van der Waals surface area contributed by atoms with Crippen LogP contribution in [-0.2, 0) is 9.59 Å². The maximum absolute atomic E-state index is 11.1. The highest BCUT2D eigenvalue weighted by molar-refractivity contribution is 5.63. The molecule has 6 heteroatoms. The standard InChI is InChI=1S/C27H46O2.2C2H4O2/c1-17(2)7-6-8-18(3)22-11-12-23-21-10-9-19-15-20(28)16-25(29)27(19,5)24(21)13-14-26(22,23)4;2*1-2(3)4/h9,17-18,20-25,28-29H,6-8,10-16H2,1-5H3;2*1H3,(H,3,4)/t18-,20-,21+,22-,23+,24+,25+,26-,27+;;/m1../s1. The van der Waals surface area contributed by atoms with Crippen LogP contribution in [0.3, 0.4) is 0 Å². The van der Waals surface area contributed by atoms with Crippen LogP contribution >= 0.6 is 0 Å². The Morgan fingerprint density at radius 1 is 0.973 bits per heavy atom. The minimum atomic E-state index is -0.833. The average molecular weight is 523 g/mol. The van der Waals surface area contributed by atoms with E-state index >= 15 is 0 Å². The molecule has 214 valence electrons. The average Bonchev–Trinajstić information content (AvgIpc) is 3.11. The molecule has 4 N–H and O–H groups in total. The Labute approximate surface area is 224 Å². The summed E-state index contributed by atoms with van der Waals surface area (Å²) in [5, 5.41) is 36.1.